The number of benzene rings is 7. The van der Waals surface area contributed by atoms with Crippen molar-refractivity contribution in [2.24, 2.45) is 0 Å². The van der Waals surface area contributed by atoms with Gasteiger partial charge in [0.25, 0.3) is 6.71 Å². The second-order valence-corrected chi connectivity index (χ2v) is 11.7. The molecule has 1 aromatic heterocycles. The average molecular weight is 560 g/mol. The summed E-state index contributed by atoms with van der Waals surface area (Å²) in [6, 6.07) is 54.8. The molecule has 204 valence electrons. The van der Waals surface area contributed by atoms with E-state index in [-0.39, 0.29) is 6.71 Å². The van der Waals surface area contributed by atoms with Crippen molar-refractivity contribution < 1.29 is 4.42 Å². The molecule has 2 aliphatic heterocycles. The number of nitrogens with zero attached hydrogens (tertiary/aromatic N) is 2. The van der Waals surface area contributed by atoms with Crippen molar-refractivity contribution in [1.29, 1.82) is 0 Å². The van der Waals surface area contributed by atoms with E-state index in [1.807, 2.05) is 0 Å². The van der Waals surface area contributed by atoms with Gasteiger partial charge in [0, 0.05) is 50.3 Å². The van der Waals surface area contributed by atoms with Crippen LogP contribution in [0.15, 0.2) is 156 Å². The van der Waals surface area contributed by atoms with Gasteiger partial charge in [-0.15, -0.1) is 0 Å². The maximum Gasteiger partial charge on any atom is 0.252 e. The molecule has 0 saturated heterocycles. The number of hydrogen-bond donors (Lipinski definition) is 0. The highest BCUT2D eigenvalue weighted by molar-refractivity contribution is 7.00. The molecule has 44 heavy (non-hydrogen) atoms. The van der Waals surface area contributed by atoms with Crippen molar-refractivity contribution in [1.82, 2.24) is 0 Å². The van der Waals surface area contributed by atoms with E-state index in [0.29, 0.717) is 0 Å². The molecule has 0 spiro atoms. The number of para-hydroxylation sites is 3. The summed E-state index contributed by atoms with van der Waals surface area (Å²) >= 11 is 0. The zero-order valence-electron chi connectivity index (χ0n) is 23.8. The molecule has 0 saturated carbocycles. The van der Waals surface area contributed by atoms with Crippen LogP contribution in [0, 0.1) is 0 Å². The Morgan fingerprint density at radius 3 is 1.84 bits per heavy atom. The monoisotopic (exact) mass is 560 g/mol. The van der Waals surface area contributed by atoms with Gasteiger partial charge in [-0.3, -0.25) is 0 Å². The standard InChI is InChI=1S/C40H25BN2O/c1-2-12-27(13-3-1)42-34-17-8-6-15-32(34)41-33-16-7-9-18-35(33)43(37-20-10-19-36(42)39(37)41)28-22-24-38-31(25-28)30-23-21-26-11-4-5-14-29(26)40(30)44-38/h1-25H. The number of hydrogen-bond acceptors (Lipinski definition) is 3. The van der Waals surface area contributed by atoms with E-state index in [1.54, 1.807) is 0 Å². The van der Waals surface area contributed by atoms with Gasteiger partial charge in [-0.25, -0.2) is 0 Å². The lowest BCUT2D eigenvalue weighted by atomic mass is 9.33. The normalized spacial score (nSPS) is 13.3. The number of rotatable bonds is 2. The first-order valence-electron chi connectivity index (χ1n) is 15.2. The van der Waals surface area contributed by atoms with Crippen molar-refractivity contribution in [2.45, 2.75) is 0 Å². The Morgan fingerprint density at radius 2 is 1.07 bits per heavy atom. The summed E-state index contributed by atoms with van der Waals surface area (Å²) in [4.78, 5) is 4.87. The van der Waals surface area contributed by atoms with E-state index in [2.05, 4.69) is 161 Å². The van der Waals surface area contributed by atoms with Crippen LogP contribution in [-0.2, 0) is 0 Å². The van der Waals surface area contributed by atoms with Crippen molar-refractivity contribution in [3.8, 4) is 0 Å². The van der Waals surface area contributed by atoms with E-state index >= 15 is 0 Å². The first kappa shape index (κ1) is 23.8. The van der Waals surface area contributed by atoms with Gasteiger partial charge in [-0.1, -0.05) is 91.0 Å². The second kappa shape index (κ2) is 8.89. The summed E-state index contributed by atoms with van der Waals surface area (Å²) in [6.07, 6.45) is 0. The zero-order chi connectivity index (χ0) is 28.8. The highest BCUT2D eigenvalue weighted by Crippen LogP contribution is 2.45. The third kappa shape index (κ3) is 3.17. The van der Waals surface area contributed by atoms with Gasteiger partial charge in [-0.2, -0.15) is 0 Å². The largest absolute Gasteiger partial charge is 0.455 e. The molecule has 0 unspecified atom stereocenters. The summed E-state index contributed by atoms with van der Waals surface area (Å²) < 4.78 is 6.49. The summed E-state index contributed by atoms with van der Waals surface area (Å²) in [5.74, 6) is 0. The maximum absolute atomic E-state index is 6.49. The van der Waals surface area contributed by atoms with Gasteiger partial charge in [0.1, 0.15) is 11.2 Å². The molecule has 3 heterocycles. The van der Waals surface area contributed by atoms with Gasteiger partial charge < -0.3 is 14.2 Å². The Bertz CT molecular complexity index is 2430. The first-order chi connectivity index (χ1) is 21.8. The van der Waals surface area contributed by atoms with Crippen molar-refractivity contribution in [2.75, 3.05) is 9.80 Å². The van der Waals surface area contributed by atoms with Crippen molar-refractivity contribution in [3.05, 3.63) is 152 Å². The molecule has 0 aliphatic carbocycles. The Kier molecular flexibility index (Phi) is 4.80. The van der Waals surface area contributed by atoms with Crippen molar-refractivity contribution in [3.63, 3.8) is 0 Å². The SMILES string of the molecule is c1ccc(N2c3ccccc3B3c4ccccc4N(c4ccc5oc6c7ccccc7ccc6c5c4)c4cccc2c43)cc1. The molecule has 0 atom stereocenters. The van der Waals surface area contributed by atoms with Crippen LogP contribution >= 0.6 is 0 Å². The van der Waals surface area contributed by atoms with Crippen LogP contribution in [0.2, 0.25) is 0 Å². The van der Waals surface area contributed by atoms with E-state index < -0.39 is 0 Å². The second-order valence-electron chi connectivity index (χ2n) is 11.7. The fourth-order valence-electron chi connectivity index (χ4n) is 7.60. The van der Waals surface area contributed by atoms with E-state index in [4.69, 9.17) is 4.42 Å². The van der Waals surface area contributed by atoms with Gasteiger partial charge >= 0.3 is 0 Å². The van der Waals surface area contributed by atoms with E-state index in [9.17, 15) is 0 Å². The molecule has 0 amide bonds. The molecule has 7 aromatic carbocycles. The molecular formula is C40H25BN2O. The minimum absolute atomic E-state index is 0.134. The summed E-state index contributed by atoms with van der Waals surface area (Å²) in [5, 5.41) is 4.60. The lowest BCUT2D eigenvalue weighted by molar-refractivity contribution is 0.672. The van der Waals surface area contributed by atoms with Crippen LogP contribution in [0.25, 0.3) is 32.7 Å². The quantitative estimate of drug-likeness (QED) is 0.197. The molecule has 2 aliphatic rings. The molecule has 0 bridgehead atoms. The molecule has 0 radical (unpaired) electrons. The lowest BCUT2D eigenvalue weighted by Gasteiger charge is -2.44. The Labute approximate surface area is 255 Å². The van der Waals surface area contributed by atoms with Crippen molar-refractivity contribution >= 4 is 89.9 Å². The smallest absolute Gasteiger partial charge is 0.252 e. The fourth-order valence-corrected chi connectivity index (χ4v) is 7.60. The predicted molar refractivity (Wildman–Crippen MR) is 185 cm³/mol. The third-order valence-corrected chi connectivity index (χ3v) is 9.43. The zero-order valence-corrected chi connectivity index (χ0v) is 23.8. The van der Waals surface area contributed by atoms with Crippen LogP contribution in [0.5, 0.6) is 0 Å². The van der Waals surface area contributed by atoms with Crippen LogP contribution in [0.1, 0.15) is 0 Å². The number of anilines is 6. The van der Waals surface area contributed by atoms with Crippen LogP contribution in [0.3, 0.4) is 0 Å². The average Bonchev–Trinajstić information content (AvgIpc) is 3.47. The first-order valence-corrected chi connectivity index (χ1v) is 15.2. The Hall–Kier alpha value is -5.74. The van der Waals surface area contributed by atoms with Gasteiger partial charge in [-0.05, 0) is 82.4 Å². The highest BCUT2D eigenvalue weighted by Gasteiger charge is 2.42. The molecule has 8 aromatic rings. The molecule has 3 nitrogen and oxygen atoms in total. The Balaban J connectivity index is 1.25. The van der Waals surface area contributed by atoms with Gasteiger partial charge in [0.05, 0.1) is 0 Å². The van der Waals surface area contributed by atoms with Gasteiger partial charge in [0.15, 0.2) is 0 Å². The van der Waals surface area contributed by atoms with Crippen LogP contribution in [0.4, 0.5) is 34.1 Å². The third-order valence-electron chi connectivity index (χ3n) is 9.43. The molecular weight excluding hydrogens is 535 g/mol. The van der Waals surface area contributed by atoms with Crippen LogP contribution in [-0.4, -0.2) is 6.71 Å². The summed E-state index contributed by atoms with van der Waals surface area (Å²) in [5.41, 5.74) is 13.0. The van der Waals surface area contributed by atoms with E-state index in [1.165, 1.54) is 44.5 Å². The minimum Gasteiger partial charge on any atom is -0.455 e. The van der Waals surface area contributed by atoms with Gasteiger partial charge in [0.2, 0.25) is 0 Å². The van der Waals surface area contributed by atoms with E-state index in [0.717, 1.165) is 38.7 Å². The fraction of sp³-hybridized carbons (Fsp3) is 0. The number of fused-ring (bicyclic) bond motifs is 9. The molecule has 10 rings (SSSR count). The molecule has 0 fully saturated rings. The Morgan fingerprint density at radius 1 is 0.432 bits per heavy atom. The molecule has 4 heteroatoms. The summed E-state index contributed by atoms with van der Waals surface area (Å²) in [7, 11) is 0. The maximum atomic E-state index is 6.49. The minimum atomic E-state index is 0.134. The molecule has 0 N–H and O–H groups in total. The predicted octanol–water partition coefficient (Wildman–Crippen LogP) is 8.82. The van der Waals surface area contributed by atoms with Crippen LogP contribution < -0.4 is 26.2 Å². The topological polar surface area (TPSA) is 19.6 Å². The highest BCUT2D eigenvalue weighted by atomic mass is 16.3. The number of furan rings is 1. The lowest BCUT2D eigenvalue weighted by Crippen LogP contribution is -2.61. The summed E-state index contributed by atoms with van der Waals surface area (Å²) in [6.45, 7) is 0.134.